The average Bonchev–Trinajstić information content (AvgIpc) is 3.51. The number of fused-ring (bicyclic) bond motifs is 1. The smallest absolute Gasteiger partial charge is 0.437 e. The Balaban J connectivity index is 1.46. The number of ether oxygens (including phenoxy) is 3. The van der Waals surface area contributed by atoms with E-state index in [-0.39, 0.29) is 28.3 Å². The standard InChI is InChI=1S/C42H53N5O7S/c1-39(2,3)25-47(23-26-21-33(55-24-26)40(4,5)6)34(48)32-19-15-28-22-30(18-20-31(28)44-32)52-35(49)27-13-16-29(17-14-27)43-36(45-37(50)53-41(7,8)9)46-38(51)54-42(10,11)12/h13-22,24H,23,25H2,1-12H3,(H2,43,45,46,50,51). The Morgan fingerprint density at radius 3 is 2.04 bits per heavy atom. The van der Waals surface area contributed by atoms with Crippen LogP contribution in [-0.2, 0) is 21.4 Å². The van der Waals surface area contributed by atoms with E-state index >= 15 is 0 Å². The summed E-state index contributed by atoms with van der Waals surface area (Å²) in [6.45, 7) is 24.1. The molecule has 55 heavy (non-hydrogen) atoms. The fourth-order valence-electron chi connectivity index (χ4n) is 5.15. The molecule has 0 bridgehead atoms. The van der Waals surface area contributed by atoms with Crippen molar-refractivity contribution in [2.24, 2.45) is 10.4 Å². The number of carbonyl (C=O) groups is 4. The van der Waals surface area contributed by atoms with Crippen LogP contribution >= 0.6 is 11.3 Å². The van der Waals surface area contributed by atoms with Crippen LogP contribution in [0.4, 0.5) is 15.3 Å². The van der Waals surface area contributed by atoms with Gasteiger partial charge in [-0.25, -0.2) is 19.4 Å². The van der Waals surface area contributed by atoms with Gasteiger partial charge in [0.15, 0.2) is 0 Å². The van der Waals surface area contributed by atoms with Gasteiger partial charge in [0.25, 0.3) is 5.91 Å². The third-order valence-corrected chi connectivity index (χ3v) is 8.81. The third-order valence-electron chi connectivity index (χ3n) is 7.41. The van der Waals surface area contributed by atoms with E-state index in [1.807, 2.05) is 4.90 Å². The Labute approximate surface area is 327 Å². The first-order valence-corrected chi connectivity index (χ1v) is 18.9. The lowest BCUT2D eigenvalue weighted by Crippen LogP contribution is -2.40. The molecule has 0 fully saturated rings. The van der Waals surface area contributed by atoms with Crippen molar-refractivity contribution in [2.75, 3.05) is 11.9 Å². The number of thiophene rings is 1. The fourth-order valence-corrected chi connectivity index (χ4v) is 6.14. The van der Waals surface area contributed by atoms with Gasteiger partial charge in [-0.3, -0.25) is 10.1 Å². The van der Waals surface area contributed by atoms with E-state index in [1.54, 1.807) is 95.3 Å². The highest BCUT2D eigenvalue weighted by molar-refractivity contribution is 7.10. The molecule has 4 aromatic rings. The van der Waals surface area contributed by atoms with Crippen molar-refractivity contribution in [1.82, 2.24) is 15.2 Å². The molecule has 294 valence electrons. The maximum absolute atomic E-state index is 13.9. The van der Waals surface area contributed by atoms with E-state index in [2.05, 4.69) is 73.6 Å². The van der Waals surface area contributed by atoms with Gasteiger partial charge in [0.2, 0.25) is 5.96 Å². The molecule has 0 radical (unpaired) electrons. The van der Waals surface area contributed by atoms with Gasteiger partial charge in [0, 0.05) is 29.0 Å². The van der Waals surface area contributed by atoms with Gasteiger partial charge in [0.1, 0.15) is 22.6 Å². The van der Waals surface area contributed by atoms with Crippen LogP contribution in [-0.4, -0.2) is 57.7 Å². The molecule has 2 aromatic carbocycles. The zero-order valence-electron chi connectivity index (χ0n) is 33.9. The summed E-state index contributed by atoms with van der Waals surface area (Å²) in [5, 5.41) is 8.09. The zero-order chi connectivity index (χ0) is 40.9. The minimum atomic E-state index is -0.925. The Morgan fingerprint density at radius 2 is 1.45 bits per heavy atom. The lowest BCUT2D eigenvalue weighted by atomic mass is 9.94. The van der Waals surface area contributed by atoms with Crippen LogP contribution in [0, 0.1) is 5.41 Å². The van der Waals surface area contributed by atoms with E-state index in [0.717, 1.165) is 5.56 Å². The summed E-state index contributed by atoms with van der Waals surface area (Å²) in [5.41, 5.74) is 0.985. The number of amides is 3. The molecule has 0 unspecified atom stereocenters. The van der Waals surface area contributed by atoms with Crippen molar-refractivity contribution in [2.45, 2.75) is 106 Å². The van der Waals surface area contributed by atoms with Crippen molar-refractivity contribution < 1.29 is 33.4 Å². The molecule has 2 aromatic heterocycles. The molecule has 12 nitrogen and oxygen atoms in total. The molecule has 0 atom stereocenters. The number of nitrogens with one attached hydrogen (secondary N) is 2. The van der Waals surface area contributed by atoms with Gasteiger partial charge in [-0.15, -0.1) is 16.3 Å². The number of carbonyl (C=O) groups excluding carboxylic acids is 4. The van der Waals surface area contributed by atoms with Crippen molar-refractivity contribution in [3.63, 3.8) is 0 Å². The highest BCUT2D eigenvalue weighted by Gasteiger charge is 2.26. The number of nitrogens with zero attached hydrogens (tertiary/aromatic N) is 3. The summed E-state index contributed by atoms with van der Waals surface area (Å²) in [6.07, 6.45) is -1.76. The molecule has 3 amide bonds. The Kier molecular flexibility index (Phi) is 12.8. The normalized spacial score (nSPS) is 12.5. The number of aromatic nitrogens is 1. The van der Waals surface area contributed by atoms with E-state index in [4.69, 9.17) is 14.2 Å². The molecule has 0 aliphatic rings. The molecule has 0 spiro atoms. The highest BCUT2D eigenvalue weighted by Crippen LogP contribution is 2.30. The van der Waals surface area contributed by atoms with Crippen LogP contribution in [0.15, 0.2) is 71.0 Å². The molecule has 13 heteroatoms. The SMILES string of the molecule is CC(C)(C)CN(Cc1csc(C(C)(C)C)c1)C(=O)c1ccc2cc(OC(=O)c3ccc(N/C(=N\C(=O)OC(C)(C)C)NC(=O)OC(C)(C)C)cc3)ccc2n1. The summed E-state index contributed by atoms with van der Waals surface area (Å²) in [5.74, 6) is -0.693. The lowest BCUT2D eigenvalue weighted by molar-refractivity contribution is 0.0561. The largest absolute Gasteiger partial charge is 0.444 e. The molecule has 0 saturated heterocycles. The van der Waals surface area contributed by atoms with Gasteiger partial charge in [-0.05, 0) is 118 Å². The number of hydrogen-bond acceptors (Lipinski definition) is 9. The summed E-state index contributed by atoms with van der Waals surface area (Å²) >= 11 is 1.71. The number of hydrogen-bond donors (Lipinski definition) is 2. The van der Waals surface area contributed by atoms with Gasteiger partial charge in [-0.2, -0.15) is 0 Å². The van der Waals surface area contributed by atoms with Gasteiger partial charge >= 0.3 is 18.2 Å². The first kappa shape index (κ1) is 42.4. The number of aliphatic imine (C=N–C) groups is 1. The average molecular weight is 772 g/mol. The number of anilines is 1. The topological polar surface area (TPSA) is 149 Å². The molecule has 0 aliphatic heterocycles. The number of alkyl carbamates (subject to hydrolysis) is 1. The van der Waals surface area contributed by atoms with Crippen molar-refractivity contribution >= 4 is 57.9 Å². The number of benzene rings is 2. The summed E-state index contributed by atoms with van der Waals surface area (Å²) in [7, 11) is 0. The fraction of sp³-hybridized carbons (Fsp3) is 0.429. The van der Waals surface area contributed by atoms with Crippen LogP contribution in [0.1, 0.15) is 114 Å². The number of guanidine groups is 1. The molecule has 2 heterocycles. The predicted octanol–water partition coefficient (Wildman–Crippen LogP) is 9.73. The van der Waals surface area contributed by atoms with Crippen LogP contribution in [0.3, 0.4) is 0 Å². The van der Waals surface area contributed by atoms with Crippen molar-refractivity contribution in [1.29, 1.82) is 0 Å². The summed E-state index contributed by atoms with van der Waals surface area (Å²) in [4.78, 5) is 63.5. The minimum absolute atomic E-state index is 0.0340. The van der Waals surface area contributed by atoms with E-state index in [0.29, 0.717) is 41.1 Å². The number of pyridine rings is 1. The first-order valence-electron chi connectivity index (χ1n) is 18.0. The second-order valence-corrected chi connectivity index (χ2v) is 18.4. The van der Waals surface area contributed by atoms with Gasteiger partial charge in [0.05, 0.1) is 11.1 Å². The molecular weight excluding hydrogens is 719 g/mol. The summed E-state index contributed by atoms with van der Waals surface area (Å²) < 4.78 is 16.2. The lowest BCUT2D eigenvalue weighted by Gasteiger charge is -2.30. The zero-order valence-corrected chi connectivity index (χ0v) is 34.7. The van der Waals surface area contributed by atoms with Crippen molar-refractivity contribution in [3.8, 4) is 5.75 Å². The second kappa shape index (κ2) is 16.6. The van der Waals surface area contributed by atoms with E-state index in [9.17, 15) is 19.2 Å². The van der Waals surface area contributed by atoms with Crippen LogP contribution < -0.4 is 15.4 Å². The van der Waals surface area contributed by atoms with Crippen molar-refractivity contribution in [3.05, 3.63) is 87.7 Å². The van der Waals surface area contributed by atoms with Gasteiger partial charge < -0.3 is 24.4 Å². The Hall–Kier alpha value is -5.30. The molecule has 0 saturated carbocycles. The molecule has 0 aliphatic carbocycles. The second-order valence-electron chi connectivity index (χ2n) is 17.5. The summed E-state index contributed by atoms with van der Waals surface area (Å²) in [6, 6.07) is 16.9. The van der Waals surface area contributed by atoms with Crippen LogP contribution in [0.5, 0.6) is 5.75 Å². The number of esters is 1. The Morgan fingerprint density at radius 1 is 0.800 bits per heavy atom. The number of rotatable bonds is 7. The van der Waals surface area contributed by atoms with Gasteiger partial charge in [-0.1, -0.05) is 47.6 Å². The minimum Gasteiger partial charge on any atom is -0.444 e. The van der Waals surface area contributed by atoms with E-state index < -0.39 is 29.4 Å². The van der Waals surface area contributed by atoms with E-state index in [1.165, 1.54) is 17.0 Å². The maximum atomic E-state index is 13.9. The first-order chi connectivity index (χ1) is 25.3. The molecule has 4 rings (SSSR count). The quantitative estimate of drug-likeness (QED) is 0.0811. The maximum Gasteiger partial charge on any atom is 0.437 e. The third kappa shape index (κ3) is 13.5. The predicted molar refractivity (Wildman–Crippen MR) is 217 cm³/mol. The highest BCUT2D eigenvalue weighted by atomic mass is 32.1. The molecular formula is C42H53N5O7S. The Bertz CT molecular complexity index is 2060. The van der Waals surface area contributed by atoms with Crippen LogP contribution in [0.2, 0.25) is 0 Å². The molecule has 2 N–H and O–H groups in total. The monoisotopic (exact) mass is 771 g/mol. The van der Waals surface area contributed by atoms with Crippen LogP contribution in [0.25, 0.3) is 10.9 Å².